The zero-order valence-electron chi connectivity index (χ0n) is 18.8. The largest absolute Gasteiger partial charge is 0.467 e. The number of piperidine rings is 2. The lowest BCUT2D eigenvalue weighted by Gasteiger charge is -2.46. The van der Waals surface area contributed by atoms with Crippen LogP contribution in [0.3, 0.4) is 0 Å². The van der Waals surface area contributed by atoms with E-state index < -0.39 is 0 Å². The van der Waals surface area contributed by atoms with Gasteiger partial charge in [-0.3, -0.25) is 9.59 Å². The van der Waals surface area contributed by atoms with Gasteiger partial charge in [-0.1, -0.05) is 6.42 Å². The van der Waals surface area contributed by atoms with Crippen LogP contribution < -0.4 is 0 Å². The molecule has 0 unspecified atom stereocenters. The highest BCUT2D eigenvalue weighted by molar-refractivity contribution is 5.89. The topological polar surface area (TPSA) is 66.2 Å². The van der Waals surface area contributed by atoms with Gasteiger partial charge in [0.25, 0.3) is 0 Å². The van der Waals surface area contributed by atoms with Crippen LogP contribution in [0.2, 0.25) is 0 Å². The molecule has 0 spiro atoms. The molecule has 1 aromatic heterocycles. The number of carbonyl (C=O) groups excluding carboxylic acids is 2. The number of likely N-dealkylation sites (tertiary alicyclic amines) is 1. The van der Waals surface area contributed by atoms with Crippen molar-refractivity contribution in [2.45, 2.75) is 57.5 Å². The first kappa shape index (κ1) is 22.3. The first-order valence-electron chi connectivity index (χ1n) is 12.0. The van der Waals surface area contributed by atoms with Crippen LogP contribution in [0, 0.1) is 11.8 Å². The Bertz CT molecular complexity index is 720. The highest BCUT2D eigenvalue weighted by atomic mass is 16.5. The smallest absolute Gasteiger partial charge is 0.228 e. The third-order valence-electron chi connectivity index (χ3n) is 7.26. The molecule has 3 atom stereocenters. The van der Waals surface area contributed by atoms with Crippen LogP contribution in [0.4, 0.5) is 0 Å². The summed E-state index contributed by atoms with van der Waals surface area (Å²) in [5, 5.41) is 0. The number of methoxy groups -OCH3 is 1. The summed E-state index contributed by atoms with van der Waals surface area (Å²) in [5.74, 6) is 1.23. The minimum absolute atomic E-state index is 0.0442. The number of nitrogens with zero attached hydrogens (tertiary/aromatic N) is 3. The van der Waals surface area contributed by atoms with Crippen LogP contribution in [0.15, 0.2) is 22.8 Å². The summed E-state index contributed by atoms with van der Waals surface area (Å²) in [6.07, 6.45) is 9.03. The third kappa shape index (κ3) is 5.50. The third-order valence-corrected chi connectivity index (χ3v) is 7.26. The maximum atomic E-state index is 13.5. The van der Waals surface area contributed by atoms with Crippen molar-refractivity contribution >= 4 is 11.8 Å². The van der Waals surface area contributed by atoms with Crippen LogP contribution in [0.5, 0.6) is 0 Å². The molecule has 2 amide bonds. The van der Waals surface area contributed by atoms with Gasteiger partial charge in [-0.05, 0) is 63.2 Å². The number of hydrogen-bond acceptors (Lipinski definition) is 5. The second-order valence-electron chi connectivity index (χ2n) is 9.39. The molecular weight excluding hydrogens is 394 g/mol. The van der Waals surface area contributed by atoms with E-state index in [1.54, 1.807) is 18.3 Å². The van der Waals surface area contributed by atoms with Crippen molar-refractivity contribution in [1.29, 1.82) is 0 Å². The van der Waals surface area contributed by atoms with Gasteiger partial charge in [0.15, 0.2) is 0 Å². The summed E-state index contributed by atoms with van der Waals surface area (Å²) in [5.41, 5.74) is 0. The highest BCUT2D eigenvalue weighted by Gasteiger charge is 2.39. The number of amides is 2. The molecule has 0 aromatic carbocycles. The summed E-state index contributed by atoms with van der Waals surface area (Å²) >= 11 is 0. The Morgan fingerprint density at radius 1 is 1.26 bits per heavy atom. The number of hydrogen-bond donors (Lipinski definition) is 0. The fraction of sp³-hybridized carbons (Fsp3) is 0.750. The van der Waals surface area contributed by atoms with Crippen LogP contribution >= 0.6 is 0 Å². The molecule has 172 valence electrons. The Morgan fingerprint density at radius 3 is 2.94 bits per heavy atom. The first-order valence-corrected chi connectivity index (χ1v) is 12.0. The van der Waals surface area contributed by atoms with Crippen molar-refractivity contribution in [3.05, 3.63) is 24.2 Å². The van der Waals surface area contributed by atoms with Gasteiger partial charge in [-0.15, -0.1) is 0 Å². The van der Waals surface area contributed by atoms with E-state index in [0.29, 0.717) is 44.6 Å². The monoisotopic (exact) mass is 431 g/mol. The highest BCUT2D eigenvalue weighted by Crippen LogP contribution is 2.32. The molecule has 0 aliphatic carbocycles. The van der Waals surface area contributed by atoms with Crippen LogP contribution in [0.25, 0.3) is 0 Å². The van der Waals surface area contributed by atoms with Crippen LogP contribution in [-0.4, -0.2) is 79.0 Å². The summed E-state index contributed by atoms with van der Waals surface area (Å²) < 4.78 is 10.6. The van der Waals surface area contributed by atoms with Crippen molar-refractivity contribution in [1.82, 2.24) is 14.7 Å². The Morgan fingerprint density at radius 2 is 2.13 bits per heavy atom. The first-order chi connectivity index (χ1) is 15.2. The van der Waals surface area contributed by atoms with E-state index in [9.17, 15) is 9.59 Å². The second kappa shape index (κ2) is 10.6. The zero-order valence-corrected chi connectivity index (χ0v) is 18.8. The lowest BCUT2D eigenvalue weighted by atomic mass is 9.83. The summed E-state index contributed by atoms with van der Waals surface area (Å²) in [6, 6.07) is 4.31. The average Bonchev–Trinajstić information content (AvgIpc) is 3.43. The molecule has 0 radical (unpaired) electrons. The van der Waals surface area contributed by atoms with E-state index in [-0.39, 0.29) is 17.7 Å². The SMILES string of the molecule is COCCCN(C[C@@H]1CCCN2CCCC[C@@H]12)C(=O)[C@H]1CC(=O)N(Cc2ccco2)C1. The molecule has 7 heteroatoms. The quantitative estimate of drug-likeness (QED) is 0.563. The molecule has 0 saturated carbocycles. The molecule has 4 rings (SSSR count). The molecule has 3 aliphatic rings. The maximum absolute atomic E-state index is 13.5. The van der Waals surface area contributed by atoms with E-state index in [1.807, 2.05) is 12.1 Å². The lowest BCUT2D eigenvalue weighted by molar-refractivity contribution is -0.137. The molecule has 3 aliphatic heterocycles. The van der Waals surface area contributed by atoms with Gasteiger partial charge in [0.1, 0.15) is 5.76 Å². The van der Waals surface area contributed by atoms with Gasteiger partial charge in [0.2, 0.25) is 11.8 Å². The molecule has 3 fully saturated rings. The van der Waals surface area contributed by atoms with Crippen molar-refractivity contribution < 1.29 is 18.7 Å². The zero-order chi connectivity index (χ0) is 21.6. The van der Waals surface area contributed by atoms with Gasteiger partial charge in [-0.2, -0.15) is 0 Å². The molecule has 3 saturated heterocycles. The predicted molar refractivity (Wildman–Crippen MR) is 117 cm³/mol. The number of ether oxygens (including phenoxy) is 1. The molecule has 31 heavy (non-hydrogen) atoms. The molecule has 4 heterocycles. The van der Waals surface area contributed by atoms with Gasteiger partial charge < -0.3 is 23.9 Å². The van der Waals surface area contributed by atoms with Crippen LogP contribution in [-0.2, 0) is 20.9 Å². The Labute approximate surface area is 185 Å². The minimum atomic E-state index is -0.254. The number of rotatable bonds is 9. The van der Waals surface area contributed by atoms with Crippen molar-refractivity contribution in [2.24, 2.45) is 11.8 Å². The predicted octanol–water partition coefficient (Wildman–Crippen LogP) is 2.76. The number of carbonyl (C=O) groups is 2. The molecule has 7 nitrogen and oxygen atoms in total. The Kier molecular flexibility index (Phi) is 7.67. The fourth-order valence-electron chi connectivity index (χ4n) is 5.70. The minimum Gasteiger partial charge on any atom is -0.467 e. The lowest BCUT2D eigenvalue weighted by Crippen LogP contribution is -2.52. The molecule has 0 bridgehead atoms. The Hall–Kier alpha value is -1.86. The molecule has 1 aromatic rings. The summed E-state index contributed by atoms with van der Waals surface area (Å²) in [7, 11) is 1.70. The standard InChI is InChI=1S/C24H37N3O4/c1-30-13-6-12-26(16-19-7-4-11-25-10-3-2-9-22(19)25)24(29)20-15-23(28)27(17-20)18-21-8-5-14-31-21/h5,8,14,19-20,22H,2-4,6-7,9-13,15-18H2,1H3/t19-,20-,22-/m0/s1. The van der Waals surface area contributed by atoms with E-state index in [1.165, 1.54) is 45.2 Å². The number of fused-ring (bicyclic) bond motifs is 1. The van der Waals surface area contributed by atoms with Crippen molar-refractivity contribution in [3.8, 4) is 0 Å². The molecular formula is C24H37N3O4. The van der Waals surface area contributed by atoms with Crippen LogP contribution in [0.1, 0.15) is 50.7 Å². The number of furan rings is 1. The average molecular weight is 432 g/mol. The van der Waals surface area contributed by atoms with Crippen molar-refractivity contribution in [3.63, 3.8) is 0 Å². The normalized spacial score (nSPS) is 26.8. The Balaban J connectivity index is 1.40. The van der Waals surface area contributed by atoms with Gasteiger partial charge >= 0.3 is 0 Å². The van der Waals surface area contributed by atoms with E-state index >= 15 is 0 Å². The second-order valence-corrected chi connectivity index (χ2v) is 9.39. The van der Waals surface area contributed by atoms with Gasteiger partial charge in [0.05, 0.1) is 18.7 Å². The van der Waals surface area contributed by atoms with E-state index in [4.69, 9.17) is 9.15 Å². The van der Waals surface area contributed by atoms with Crippen molar-refractivity contribution in [2.75, 3.05) is 46.4 Å². The van der Waals surface area contributed by atoms with E-state index in [0.717, 1.165) is 18.7 Å². The molecule has 0 N–H and O–H groups in total. The van der Waals surface area contributed by atoms with Gasteiger partial charge in [-0.25, -0.2) is 0 Å². The fourth-order valence-corrected chi connectivity index (χ4v) is 5.70. The maximum Gasteiger partial charge on any atom is 0.228 e. The van der Waals surface area contributed by atoms with E-state index in [2.05, 4.69) is 9.80 Å². The van der Waals surface area contributed by atoms with Gasteiger partial charge in [0, 0.05) is 45.8 Å². The summed E-state index contributed by atoms with van der Waals surface area (Å²) in [6.45, 7) is 5.51. The summed E-state index contributed by atoms with van der Waals surface area (Å²) in [4.78, 5) is 32.6.